The number of aryl methyl sites for hydroxylation is 2. The molecule has 0 bridgehead atoms. The number of carbonyl (C=O) groups excluding carboxylic acids is 2. The number of carbonyl (C=O) groups is 2. The largest absolute Gasteiger partial charge is 0.497 e. The van der Waals surface area contributed by atoms with Gasteiger partial charge in [-0.05, 0) is 60.4 Å². The van der Waals surface area contributed by atoms with Gasteiger partial charge >= 0.3 is 0 Å². The third-order valence-electron chi connectivity index (χ3n) is 4.99. The second kappa shape index (κ2) is 8.65. The van der Waals surface area contributed by atoms with Gasteiger partial charge in [0.05, 0.1) is 17.6 Å². The van der Waals surface area contributed by atoms with Gasteiger partial charge in [0.1, 0.15) is 5.75 Å². The second-order valence-corrected chi connectivity index (χ2v) is 8.07. The number of benzene rings is 2. The summed E-state index contributed by atoms with van der Waals surface area (Å²) in [6.07, 6.45) is 0.617. The van der Waals surface area contributed by atoms with Crippen molar-refractivity contribution in [1.29, 1.82) is 0 Å². The standard InChI is InChI=1S/C23H25NO3S/c1-5-28-21-20(18-9-6-15(2)16(3)14-18)22(25)24(23(21)26)13-12-17-7-10-19(27-4)11-8-17/h6-11,14H,5,12-13H2,1-4H3. The van der Waals surface area contributed by atoms with Crippen molar-refractivity contribution in [2.75, 3.05) is 19.4 Å². The maximum absolute atomic E-state index is 13.1. The molecule has 1 aliphatic heterocycles. The molecule has 1 aliphatic rings. The first-order valence-electron chi connectivity index (χ1n) is 9.40. The Morgan fingerprint density at radius 1 is 0.964 bits per heavy atom. The highest BCUT2D eigenvalue weighted by Crippen LogP contribution is 2.36. The monoisotopic (exact) mass is 395 g/mol. The molecule has 2 aromatic rings. The van der Waals surface area contributed by atoms with E-state index < -0.39 is 0 Å². The fraction of sp³-hybridized carbons (Fsp3) is 0.304. The molecule has 146 valence electrons. The zero-order chi connectivity index (χ0) is 20.3. The molecule has 3 rings (SSSR count). The summed E-state index contributed by atoms with van der Waals surface area (Å²) in [5, 5.41) is 0. The van der Waals surface area contributed by atoms with Crippen LogP contribution in [0.25, 0.3) is 5.57 Å². The Balaban J connectivity index is 1.84. The lowest BCUT2D eigenvalue weighted by Crippen LogP contribution is -2.33. The molecular weight excluding hydrogens is 370 g/mol. The molecule has 0 N–H and O–H groups in total. The van der Waals surface area contributed by atoms with Crippen molar-refractivity contribution in [3.05, 3.63) is 69.6 Å². The summed E-state index contributed by atoms with van der Waals surface area (Å²) in [5.74, 6) is 1.16. The smallest absolute Gasteiger partial charge is 0.267 e. The lowest BCUT2D eigenvalue weighted by atomic mass is 10.0. The van der Waals surface area contributed by atoms with Crippen molar-refractivity contribution in [2.45, 2.75) is 27.2 Å². The van der Waals surface area contributed by atoms with Crippen LogP contribution < -0.4 is 4.74 Å². The van der Waals surface area contributed by atoms with Crippen molar-refractivity contribution in [1.82, 2.24) is 4.90 Å². The fourth-order valence-corrected chi connectivity index (χ4v) is 4.09. The third-order valence-corrected chi connectivity index (χ3v) is 5.95. The Kier molecular flexibility index (Phi) is 6.25. The van der Waals surface area contributed by atoms with E-state index >= 15 is 0 Å². The molecule has 0 radical (unpaired) electrons. The molecule has 0 unspecified atom stereocenters. The number of hydrogen-bond acceptors (Lipinski definition) is 4. The number of ether oxygens (including phenoxy) is 1. The average Bonchev–Trinajstić information content (AvgIpc) is 2.93. The molecule has 2 amide bonds. The van der Waals surface area contributed by atoms with Crippen LogP contribution in [0.15, 0.2) is 47.4 Å². The number of amides is 2. The zero-order valence-corrected chi connectivity index (χ0v) is 17.6. The van der Waals surface area contributed by atoms with E-state index in [0.29, 0.717) is 23.4 Å². The minimum Gasteiger partial charge on any atom is -0.497 e. The summed E-state index contributed by atoms with van der Waals surface area (Å²) in [6, 6.07) is 13.6. The van der Waals surface area contributed by atoms with Crippen LogP contribution in [0.1, 0.15) is 29.2 Å². The molecule has 0 atom stereocenters. The zero-order valence-electron chi connectivity index (χ0n) is 16.7. The van der Waals surface area contributed by atoms with Gasteiger partial charge in [0.15, 0.2) is 0 Å². The summed E-state index contributed by atoms with van der Waals surface area (Å²) < 4.78 is 5.18. The molecule has 1 heterocycles. The highest BCUT2D eigenvalue weighted by Gasteiger charge is 2.38. The van der Waals surface area contributed by atoms with Gasteiger partial charge in [-0.1, -0.05) is 37.3 Å². The fourth-order valence-electron chi connectivity index (χ4n) is 3.22. The van der Waals surface area contributed by atoms with E-state index in [2.05, 4.69) is 0 Å². The van der Waals surface area contributed by atoms with E-state index in [9.17, 15) is 9.59 Å². The maximum atomic E-state index is 13.1. The minimum atomic E-state index is -0.197. The van der Waals surface area contributed by atoms with Crippen LogP contribution in [0.5, 0.6) is 5.75 Å². The van der Waals surface area contributed by atoms with Gasteiger partial charge in [-0.15, -0.1) is 11.8 Å². The SMILES string of the molecule is CCSC1=C(c2ccc(C)c(C)c2)C(=O)N(CCc2ccc(OC)cc2)C1=O. The lowest BCUT2D eigenvalue weighted by Gasteiger charge is -2.15. The summed E-state index contributed by atoms with van der Waals surface area (Å²) in [5.41, 5.74) is 4.70. The van der Waals surface area contributed by atoms with Crippen LogP contribution >= 0.6 is 11.8 Å². The Morgan fingerprint density at radius 2 is 1.68 bits per heavy atom. The molecule has 28 heavy (non-hydrogen) atoms. The molecule has 0 aliphatic carbocycles. The van der Waals surface area contributed by atoms with E-state index in [1.54, 1.807) is 7.11 Å². The predicted octanol–water partition coefficient (Wildman–Crippen LogP) is 4.39. The predicted molar refractivity (Wildman–Crippen MR) is 114 cm³/mol. The Labute approximate surface area is 170 Å². The number of thioether (sulfide) groups is 1. The van der Waals surface area contributed by atoms with E-state index in [4.69, 9.17) is 4.74 Å². The quantitative estimate of drug-likeness (QED) is 0.653. The van der Waals surface area contributed by atoms with Gasteiger partial charge in [-0.25, -0.2) is 0 Å². The van der Waals surface area contributed by atoms with Gasteiger partial charge < -0.3 is 4.74 Å². The van der Waals surface area contributed by atoms with Gasteiger partial charge in [0.25, 0.3) is 11.8 Å². The summed E-state index contributed by atoms with van der Waals surface area (Å²) in [7, 11) is 1.63. The molecule has 5 heteroatoms. The molecule has 4 nitrogen and oxygen atoms in total. The third kappa shape index (κ3) is 3.99. The maximum Gasteiger partial charge on any atom is 0.267 e. The number of nitrogens with zero attached hydrogens (tertiary/aromatic N) is 1. The number of methoxy groups -OCH3 is 1. The number of imide groups is 1. The van der Waals surface area contributed by atoms with Crippen LogP contribution in [-0.4, -0.2) is 36.1 Å². The summed E-state index contributed by atoms with van der Waals surface area (Å²) in [4.78, 5) is 28.0. The Hall–Kier alpha value is -2.53. The molecule has 0 saturated carbocycles. The number of rotatable bonds is 7. The van der Waals surface area contributed by atoms with E-state index in [1.165, 1.54) is 22.2 Å². The van der Waals surface area contributed by atoms with Crippen molar-refractivity contribution in [3.8, 4) is 5.75 Å². The van der Waals surface area contributed by atoms with Crippen LogP contribution in [-0.2, 0) is 16.0 Å². The van der Waals surface area contributed by atoms with Gasteiger partial charge in [-0.2, -0.15) is 0 Å². The van der Waals surface area contributed by atoms with E-state index in [1.807, 2.05) is 63.2 Å². The van der Waals surface area contributed by atoms with Crippen molar-refractivity contribution in [3.63, 3.8) is 0 Å². The van der Waals surface area contributed by atoms with E-state index in [0.717, 1.165) is 28.2 Å². The summed E-state index contributed by atoms with van der Waals surface area (Å²) >= 11 is 1.45. The molecule has 0 fully saturated rings. The normalized spacial score (nSPS) is 14.2. The highest BCUT2D eigenvalue weighted by atomic mass is 32.2. The topological polar surface area (TPSA) is 46.6 Å². The molecule has 0 saturated heterocycles. The summed E-state index contributed by atoms with van der Waals surface area (Å²) in [6.45, 7) is 6.42. The highest BCUT2D eigenvalue weighted by molar-refractivity contribution is 8.04. The number of hydrogen-bond donors (Lipinski definition) is 0. The van der Waals surface area contributed by atoms with Crippen LogP contribution in [0.2, 0.25) is 0 Å². The van der Waals surface area contributed by atoms with Crippen molar-refractivity contribution < 1.29 is 14.3 Å². The minimum absolute atomic E-state index is 0.182. The van der Waals surface area contributed by atoms with Crippen LogP contribution in [0.3, 0.4) is 0 Å². The van der Waals surface area contributed by atoms with Gasteiger partial charge in [-0.3, -0.25) is 14.5 Å². The van der Waals surface area contributed by atoms with Crippen LogP contribution in [0, 0.1) is 13.8 Å². The molecule has 2 aromatic carbocycles. The molecule has 0 spiro atoms. The Morgan fingerprint density at radius 3 is 2.29 bits per heavy atom. The van der Waals surface area contributed by atoms with Gasteiger partial charge in [0.2, 0.25) is 0 Å². The lowest BCUT2D eigenvalue weighted by molar-refractivity contribution is -0.136. The Bertz CT molecular complexity index is 931. The van der Waals surface area contributed by atoms with Crippen LogP contribution in [0.4, 0.5) is 0 Å². The van der Waals surface area contributed by atoms with E-state index in [-0.39, 0.29) is 11.8 Å². The molecule has 0 aromatic heterocycles. The average molecular weight is 396 g/mol. The second-order valence-electron chi connectivity index (χ2n) is 6.80. The first-order valence-corrected chi connectivity index (χ1v) is 10.4. The van der Waals surface area contributed by atoms with Crippen molar-refractivity contribution >= 4 is 29.1 Å². The molecular formula is C23H25NO3S. The first-order chi connectivity index (χ1) is 13.5. The van der Waals surface area contributed by atoms with Crippen molar-refractivity contribution in [2.24, 2.45) is 0 Å². The van der Waals surface area contributed by atoms with Gasteiger partial charge in [0, 0.05) is 6.54 Å². The first kappa shape index (κ1) is 20.2.